The number of ether oxygens (including phenoxy) is 7. The van der Waals surface area contributed by atoms with Gasteiger partial charge in [0.1, 0.15) is 25.1 Å². The minimum atomic E-state index is -2.12. The van der Waals surface area contributed by atoms with Crippen molar-refractivity contribution in [3.63, 3.8) is 0 Å². The zero-order chi connectivity index (χ0) is 29.1. The SMILES string of the molecule is CC(=O)OC[C@H]1O[C@H](Oc2ccc(C(F)C(=O)OCCC#N)cc2)[C@H](OC(C)=O)[C@@H](OC(C)=O)[C@H]1OC(C)=O. The van der Waals surface area contributed by atoms with Crippen molar-refractivity contribution >= 4 is 29.8 Å². The van der Waals surface area contributed by atoms with Crippen molar-refractivity contribution in [3.05, 3.63) is 29.8 Å². The van der Waals surface area contributed by atoms with Gasteiger partial charge in [0.05, 0.1) is 12.5 Å². The molecule has 212 valence electrons. The van der Waals surface area contributed by atoms with Crippen LogP contribution >= 0.6 is 0 Å². The monoisotopic (exact) mass is 553 g/mol. The molecule has 0 radical (unpaired) electrons. The minimum Gasteiger partial charge on any atom is -0.463 e. The fourth-order valence-corrected chi connectivity index (χ4v) is 3.54. The molecule has 0 N–H and O–H groups in total. The third kappa shape index (κ3) is 9.53. The van der Waals surface area contributed by atoms with E-state index >= 15 is 0 Å². The van der Waals surface area contributed by atoms with Gasteiger partial charge in [-0.3, -0.25) is 19.2 Å². The lowest BCUT2D eigenvalue weighted by Gasteiger charge is -2.43. The summed E-state index contributed by atoms with van der Waals surface area (Å²) in [5, 5.41) is 8.49. The number of hydrogen-bond donors (Lipinski definition) is 0. The molecule has 14 heteroatoms. The van der Waals surface area contributed by atoms with E-state index in [2.05, 4.69) is 4.74 Å². The average molecular weight is 553 g/mol. The van der Waals surface area contributed by atoms with Crippen LogP contribution in [0.5, 0.6) is 5.75 Å². The van der Waals surface area contributed by atoms with E-state index in [4.69, 9.17) is 33.7 Å². The van der Waals surface area contributed by atoms with Gasteiger partial charge in [0.25, 0.3) is 0 Å². The molecule has 1 saturated heterocycles. The molecule has 0 amide bonds. The Morgan fingerprint density at radius 1 is 0.872 bits per heavy atom. The molecule has 1 unspecified atom stereocenters. The zero-order valence-corrected chi connectivity index (χ0v) is 21.6. The van der Waals surface area contributed by atoms with Crippen molar-refractivity contribution in [1.29, 1.82) is 5.26 Å². The number of carbonyl (C=O) groups is 5. The zero-order valence-electron chi connectivity index (χ0n) is 21.6. The normalized spacial score (nSPS) is 22.8. The Morgan fingerprint density at radius 2 is 1.44 bits per heavy atom. The first kappa shape index (κ1) is 31.0. The number of rotatable bonds is 11. The van der Waals surface area contributed by atoms with Gasteiger partial charge < -0.3 is 33.2 Å². The molecule has 0 aliphatic carbocycles. The van der Waals surface area contributed by atoms with Gasteiger partial charge in [-0.05, 0) is 17.7 Å². The van der Waals surface area contributed by atoms with Crippen LogP contribution in [0.25, 0.3) is 0 Å². The van der Waals surface area contributed by atoms with Gasteiger partial charge in [-0.2, -0.15) is 5.26 Å². The van der Waals surface area contributed by atoms with E-state index in [1.165, 1.54) is 24.3 Å². The largest absolute Gasteiger partial charge is 0.463 e. The molecule has 0 saturated carbocycles. The molecular weight excluding hydrogens is 525 g/mol. The molecule has 1 aliphatic rings. The van der Waals surface area contributed by atoms with Crippen LogP contribution in [-0.2, 0) is 52.4 Å². The van der Waals surface area contributed by atoms with E-state index in [-0.39, 0.29) is 24.3 Å². The van der Waals surface area contributed by atoms with Crippen LogP contribution in [0.15, 0.2) is 24.3 Å². The Hall–Kier alpha value is -4.25. The van der Waals surface area contributed by atoms with Crippen molar-refractivity contribution in [2.75, 3.05) is 13.2 Å². The van der Waals surface area contributed by atoms with Crippen LogP contribution in [0.2, 0.25) is 0 Å². The summed E-state index contributed by atoms with van der Waals surface area (Å²) in [6.45, 7) is 3.71. The fourth-order valence-electron chi connectivity index (χ4n) is 3.54. The fraction of sp³-hybridized carbons (Fsp3) is 0.520. The molecule has 1 fully saturated rings. The molecule has 1 aliphatic heterocycles. The molecule has 6 atom stereocenters. The van der Waals surface area contributed by atoms with Crippen molar-refractivity contribution in [2.24, 2.45) is 0 Å². The summed E-state index contributed by atoms with van der Waals surface area (Å²) in [7, 11) is 0. The van der Waals surface area contributed by atoms with Gasteiger partial charge in [0, 0.05) is 27.7 Å². The Balaban J connectivity index is 2.34. The quantitative estimate of drug-likeness (QED) is 0.220. The predicted octanol–water partition coefficient (Wildman–Crippen LogP) is 1.62. The maximum Gasteiger partial charge on any atom is 0.345 e. The summed E-state index contributed by atoms with van der Waals surface area (Å²) in [6.07, 6.45) is -9.12. The number of alkyl halides is 1. The lowest BCUT2D eigenvalue weighted by molar-refractivity contribution is -0.288. The van der Waals surface area contributed by atoms with Gasteiger partial charge in [-0.1, -0.05) is 12.1 Å². The van der Waals surface area contributed by atoms with Crippen LogP contribution in [0.4, 0.5) is 4.39 Å². The summed E-state index contributed by atoms with van der Waals surface area (Å²) < 4.78 is 51.7. The number of benzene rings is 1. The third-order valence-corrected chi connectivity index (χ3v) is 5.04. The standard InChI is InChI=1S/C25H28FNO12/c1-13(28)34-12-19-21(35-14(2)29)22(36-15(3)30)23(37-16(4)31)25(39-19)38-18-8-6-17(7-9-18)20(26)24(32)33-11-5-10-27/h6-9,19-23,25H,5,11-12H2,1-4H3/t19-,20?,21+,22+,23-,25+/m1/s1. The van der Waals surface area contributed by atoms with Crippen molar-refractivity contribution < 1.29 is 61.5 Å². The van der Waals surface area contributed by atoms with E-state index < -0.39 is 73.3 Å². The number of hydrogen-bond acceptors (Lipinski definition) is 13. The highest BCUT2D eigenvalue weighted by Crippen LogP contribution is 2.31. The molecule has 0 spiro atoms. The van der Waals surface area contributed by atoms with Crippen LogP contribution in [0.1, 0.15) is 45.9 Å². The maximum absolute atomic E-state index is 14.5. The summed E-state index contributed by atoms with van der Waals surface area (Å²) in [6, 6.07) is 6.82. The number of nitrogens with zero attached hydrogens (tertiary/aromatic N) is 1. The highest BCUT2D eigenvalue weighted by atomic mass is 19.1. The lowest BCUT2D eigenvalue weighted by Crippen LogP contribution is -2.63. The Morgan fingerprint density at radius 3 is 1.97 bits per heavy atom. The van der Waals surface area contributed by atoms with E-state index in [9.17, 15) is 28.4 Å². The number of halogens is 1. The average Bonchev–Trinajstić information content (AvgIpc) is 2.85. The first-order valence-electron chi connectivity index (χ1n) is 11.7. The molecule has 1 aromatic rings. The molecule has 0 aromatic heterocycles. The van der Waals surface area contributed by atoms with E-state index in [0.717, 1.165) is 27.7 Å². The van der Waals surface area contributed by atoms with Crippen molar-refractivity contribution in [3.8, 4) is 11.8 Å². The topological polar surface area (TPSA) is 174 Å². The van der Waals surface area contributed by atoms with E-state index in [1.54, 1.807) is 6.07 Å². The van der Waals surface area contributed by atoms with Crippen LogP contribution in [-0.4, -0.2) is 73.8 Å². The summed E-state index contributed by atoms with van der Waals surface area (Å²) >= 11 is 0. The number of carbonyl (C=O) groups excluding carboxylic acids is 5. The van der Waals surface area contributed by atoms with Gasteiger partial charge >= 0.3 is 29.8 Å². The van der Waals surface area contributed by atoms with Crippen LogP contribution in [0.3, 0.4) is 0 Å². The Kier molecular flexibility index (Phi) is 11.6. The van der Waals surface area contributed by atoms with Gasteiger partial charge in [0.2, 0.25) is 18.6 Å². The maximum atomic E-state index is 14.5. The first-order chi connectivity index (χ1) is 18.4. The summed E-state index contributed by atoms with van der Waals surface area (Å²) in [5.74, 6) is -4.17. The van der Waals surface area contributed by atoms with Gasteiger partial charge in [0.15, 0.2) is 12.2 Å². The van der Waals surface area contributed by atoms with E-state index in [1.807, 2.05) is 0 Å². The smallest absolute Gasteiger partial charge is 0.345 e. The number of esters is 5. The van der Waals surface area contributed by atoms with Crippen LogP contribution in [0, 0.1) is 11.3 Å². The van der Waals surface area contributed by atoms with Gasteiger partial charge in [-0.15, -0.1) is 0 Å². The Labute approximate surface area is 223 Å². The lowest BCUT2D eigenvalue weighted by atomic mass is 9.98. The second kappa shape index (κ2) is 14.6. The first-order valence-corrected chi connectivity index (χ1v) is 11.7. The summed E-state index contributed by atoms with van der Waals surface area (Å²) in [5.41, 5.74) is -0.0640. The van der Waals surface area contributed by atoms with Crippen molar-refractivity contribution in [2.45, 2.75) is 71.0 Å². The molecule has 39 heavy (non-hydrogen) atoms. The minimum absolute atomic E-state index is 0.0599. The molecule has 13 nitrogen and oxygen atoms in total. The Bertz CT molecular complexity index is 1090. The molecule has 0 bridgehead atoms. The highest BCUT2D eigenvalue weighted by Gasteiger charge is 2.53. The van der Waals surface area contributed by atoms with Crippen LogP contribution < -0.4 is 4.74 Å². The molecular formula is C25H28FNO12. The second-order valence-corrected chi connectivity index (χ2v) is 8.19. The van der Waals surface area contributed by atoms with E-state index in [0.29, 0.717) is 0 Å². The summed E-state index contributed by atoms with van der Waals surface area (Å²) in [4.78, 5) is 58.8. The number of nitriles is 1. The molecule has 1 heterocycles. The predicted molar refractivity (Wildman–Crippen MR) is 124 cm³/mol. The third-order valence-electron chi connectivity index (χ3n) is 5.04. The second-order valence-electron chi connectivity index (χ2n) is 8.19. The molecule has 1 aromatic carbocycles. The molecule has 2 rings (SSSR count). The van der Waals surface area contributed by atoms with Gasteiger partial charge in [-0.25, -0.2) is 9.18 Å². The highest BCUT2D eigenvalue weighted by molar-refractivity contribution is 5.76. The van der Waals surface area contributed by atoms with Crippen molar-refractivity contribution in [1.82, 2.24) is 0 Å².